The molecule has 7 nitrogen and oxygen atoms in total. The molecule has 0 saturated carbocycles. The molecule has 2 aromatic carbocycles. The third-order valence-corrected chi connectivity index (χ3v) is 5.12. The fraction of sp³-hybridized carbons (Fsp3) is 0.300. The van der Waals surface area contributed by atoms with Crippen LogP contribution in [0.2, 0.25) is 0 Å². The van der Waals surface area contributed by atoms with Gasteiger partial charge in [0.05, 0.1) is 28.3 Å². The fourth-order valence-electron chi connectivity index (χ4n) is 3.25. The lowest BCUT2D eigenvalue weighted by Crippen LogP contribution is -2.40. The number of imidazole rings is 1. The summed E-state index contributed by atoms with van der Waals surface area (Å²) in [6, 6.07) is 12.5. The van der Waals surface area contributed by atoms with Gasteiger partial charge in [-0.3, -0.25) is 14.9 Å². The normalized spacial score (nSPS) is 11.6. The summed E-state index contributed by atoms with van der Waals surface area (Å²) < 4.78 is 41.2. The molecular weight excluding hydrogens is 433 g/mol. The minimum absolute atomic E-state index is 0.0323. The van der Waals surface area contributed by atoms with Crippen LogP contribution in [0.25, 0.3) is 11.0 Å². The third-order valence-electron chi connectivity index (χ3n) is 4.57. The van der Waals surface area contributed by atoms with Crippen LogP contribution < -0.4 is 0 Å². The van der Waals surface area contributed by atoms with Crippen LogP contribution >= 0.6 is 11.8 Å². The number of benzene rings is 2. The van der Waals surface area contributed by atoms with Crippen LogP contribution in [0.15, 0.2) is 48.5 Å². The number of para-hydroxylation sites is 3. The van der Waals surface area contributed by atoms with Gasteiger partial charge in [0.1, 0.15) is 18.9 Å². The summed E-state index contributed by atoms with van der Waals surface area (Å²) >= 11 is 1.47. The van der Waals surface area contributed by atoms with Crippen LogP contribution in [0, 0.1) is 10.1 Å². The molecule has 0 N–H and O–H groups in total. The minimum Gasteiger partial charge on any atom is -0.327 e. The average molecular weight is 452 g/mol. The van der Waals surface area contributed by atoms with Crippen molar-refractivity contribution in [2.45, 2.75) is 25.0 Å². The fourth-order valence-corrected chi connectivity index (χ4v) is 3.73. The molecule has 0 aliphatic heterocycles. The van der Waals surface area contributed by atoms with E-state index in [9.17, 15) is 28.1 Å². The lowest BCUT2D eigenvalue weighted by atomic mass is 10.1. The largest absolute Gasteiger partial charge is 0.406 e. The van der Waals surface area contributed by atoms with E-state index in [1.165, 1.54) is 36.0 Å². The molecule has 3 rings (SSSR count). The first-order chi connectivity index (χ1) is 14.7. The number of aromatic nitrogens is 2. The Balaban J connectivity index is 1.94. The van der Waals surface area contributed by atoms with Gasteiger partial charge in [-0.2, -0.15) is 24.9 Å². The number of halogens is 3. The molecule has 0 atom stereocenters. The van der Waals surface area contributed by atoms with Gasteiger partial charge in [-0.25, -0.2) is 4.98 Å². The Morgan fingerprint density at radius 2 is 1.87 bits per heavy atom. The van der Waals surface area contributed by atoms with E-state index in [2.05, 4.69) is 4.98 Å². The number of carbonyl (C=O) groups is 1. The number of hydrogen-bond donors (Lipinski definition) is 0. The van der Waals surface area contributed by atoms with E-state index in [-0.39, 0.29) is 17.8 Å². The van der Waals surface area contributed by atoms with Gasteiger partial charge in [-0.05, 0) is 18.4 Å². The lowest BCUT2D eigenvalue weighted by Gasteiger charge is -2.24. The summed E-state index contributed by atoms with van der Waals surface area (Å²) in [6.45, 7) is -2.39. The van der Waals surface area contributed by atoms with Crippen molar-refractivity contribution in [3.8, 4) is 0 Å². The number of nitro benzene ring substituents is 1. The van der Waals surface area contributed by atoms with Crippen molar-refractivity contribution in [3.63, 3.8) is 0 Å². The highest BCUT2D eigenvalue weighted by molar-refractivity contribution is 7.97. The van der Waals surface area contributed by atoms with Crippen LogP contribution in [-0.2, 0) is 23.6 Å². The van der Waals surface area contributed by atoms with E-state index in [1.54, 1.807) is 28.8 Å². The second-order valence-electron chi connectivity index (χ2n) is 6.79. The standard InChI is InChI=1S/C20H19F3N4O3S/c1-31-12-18-24-15-7-3-5-9-17(15)26(18)11-19(28)25(13-20(21,22)23)10-14-6-2-4-8-16(14)27(29)30/h2-9H,10-13H2,1H3. The number of alkyl halides is 3. The topological polar surface area (TPSA) is 81.3 Å². The highest BCUT2D eigenvalue weighted by Gasteiger charge is 2.34. The molecule has 11 heteroatoms. The van der Waals surface area contributed by atoms with Crippen LogP contribution in [0.3, 0.4) is 0 Å². The summed E-state index contributed by atoms with van der Waals surface area (Å²) in [5.41, 5.74) is 0.974. The molecule has 164 valence electrons. The lowest BCUT2D eigenvalue weighted by molar-refractivity contribution is -0.385. The zero-order valence-electron chi connectivity index (χ0n) is 16.5. The Hall–Kier alpha value is -3.08. The number of nitrogens with zero attached hydrogens (tertiary/aromatic N) is 4. The quantitative estimate of drug-likeness (QED) is 0.374. The minimum atomic E-state index is -4.65. The second-order valence-corrected chi connectivity index (χ2v) is 7.65. The SMILES string of the molecule is CSCc1nc2ccccc2n1CC(=O)N(Cc1ccccc1[N+](=O)[O-])CC(F)(F)F. The second kappa shape index (κ2) is 9.38. The maximum Gasteiger partial charge on any atom is 0.406 e. The molecule has 1 aromatic heterocycles. The molecule has 0 saturated heterocycles. The monoisotopic (exact) mass is 452 g/mol. The van der Waals surface area contributed by atoms with Crippen LogP contribution in [-0.4, -0.2) is 44.3 Å². The molecule has 3 aromatic rings. The van der Waals surface area contributed by atoms with Crippen molar-refractivity contribution in [3.05, 3.63) is 70.0 Å². The summed E-state index contributed by atoms with van der Waals surface area (Å²) in [5, 5.41) is 11.2. The number of thioether (sulfide) groups is 1. The van der Waals surface area contributed by atoms with Gasteiger partial charge in [0, 0.05) is 11.6 Å². The summed E-state index contributed by atoms with van der Waals surface area (Å²) in [7, 11) is 0. The number of nitro groups is 1. The highest BCUT2D eigenvalue weighted by Crippen LogP contribution is 2.24. The number of amides is 1. The van der Waals surface area contributed by atoms with Gasteiger partial charge in [-0.15, -0.1) is 0 Å². The van der Waals surface area contributed by atoms with E-state index < -0.39 is 30.1 Å². The molecule has 0 unspecified atom stereocenters. The van der Waals surface area contributed by atoms with E-state index in [0.29, 0.717) is 27.5 Å². The van der Waals surface area contributed by atoms with Gasteiger partial charge in [-0.1, -0.05) is 30.3 Å². The van der Waals surface area contributed by atoms with E-state index >= 15 is 0 Å². The number of hydrogen-bond acceptors (Lipinski definition) is 5. The molecule has 0 radical (unpaired) electrons. The molecular formula is C20H19F3N4O3S. The molecule has 0 spiro atoms. The zero-order valence-corrected chi connectivity index (χ0v) is 17.3. The Labute approximate surface area is 180 Å². The molecule has 0 aliphatic rings. The first-order valence-corrected chi connectivity index (χ1v) is 10.6. The van der Waals surface area contributed by atoms with Gasteiger partial charge in [0.2, 0.25) is 5.91 Å². The zero-order chi connectivity index (χ0) is 22.6. The van der Waals surface area contributed by atoms with Gasteiger partial charge < -0.3 is 9.47 Å². The van der Waals surface area contributed by atoms with Crippen molar-refractivity contribution >= 4 is 34.4 Å². The predicted octanol–water partition coefficient (Wildman–Crippen LogP) is 4.40. The van der Waals surface area contributed by atoms with E-state index in [0.717, 1.165) is 0 Å². The highest BCUT2D eigenvalue weighted by atomic mass is 32.2. The molecule has 0 fully saturated rings. The molecule has 1 amide bonds. The van der Waals surface area contributed by atoms with Gasteiger partial charge >= 0.3 is 6.18 Å². The number of carbonyl (C=O) groups excluding carboxylic acids is 1. The Kier molecular flexibility index (Phi) is 6.84. The summed E-state index contributed by atoms with van der Waals surface area (Å²) in [4.78, 5) is 28.6. The summed E-state index contributed by atoms with van der Waals surface area (Å²) in [6.07, 6.45) is -2.80. The number of fused-ring (bicyclic) bond motifs is 1. The Bertz CT molecular complexity index is 1100. The summed E-state index contributed by atoms with van der Waals surface area (Å²) in [5.74, 6) is 0.242. The van der Waals surface area contributed by atoms with E-state index in [1.807, 2.05) is 6.26 Å². The molecule has 31 heavy (non-hydrogen) atoms. The van der Waals surface area contributed by atoms with Crippen LogP contribution in [0.4, 0.5) is 18.9 Å². The molecule has 0 bridgehead atoms. The average Bonchev–Trinajstić information content (AvgIpc) is 3.04. The van der Waals surface area contributed by atoms with Crippen molar-refractivity contribution in [1.29, 1.82) is 0 Å². The molecule has 0 aliphatic carbocycles. The maximum atomic E-state index is 13.2. The van der Waals surface area contributed by atoms with Gasteiger partial charge in [0.25, 0.3) is 5.69 Å². The van der Waals surface area contributed by atoms with Crippen molar-refractivity contribution in [1.82, 2.24) is 14.5 Å². The van der Waals surface area contributed by atoms with Crippen LogP contribution in [0.5, 0.6) is 0 Å². The maximum absolute atomic E-state index is 13.2. The van der Waals surface area contributed by atoms with E-state index in [4.69, 9.17) is 0 Å². The number of rotatable bonds is 8. The first-order valence-electron chi connectivity index (χ1n) is 9.19. The first kappa shape index (κ1) is 22.6. The van der Waals surface area contributed by atoms with Gasteiger partial charge in [0.15, 0.2) is 0 Å². The Morgan fingerprint density at radius 3 is 2.55 bits per heavy atom. The van der Waals surface area contributed by atoms with Crippen molar-refractivity contribution in [2.24, 2.45) is 0 Å². The van der Waals surface area contributed by atoms with Crippen molar-refractivity contribution in [2.75, 3.05) is 12.8 Å². The van der Waals surface area contributed by atoms with Crippen molar-refractivity contribution < 1.29 is 22.9 Å². The third kappa shape index (κ3) is 5.54. The Morgan fingerprint density at radius 1 is 1.19 bits per heavy atom. The molecule has 1 heterocycles. The van der Waals surface area contributed by atoms with Crippen LogP contribution in [0.1, 0.15) is 11.4 Å². The predicted molar refractivity (Wildman–Crippen MR) is 112 cm³/mol. The smallest absolute Gasteiger partial charge is 0.327 e.